The molecule has 0 atom stereocenters. The maximum absolute atomic E-state index is 5.68. The Kier molecular flexibility index (Phi) is 16.5. The molecule has 0 aromatic heterocycles. The van der Waals surface area contributed by atoms with E-state index in [4.69, 9.17) is 18.9 Å². The van der Waals surface area contributed by atoms with Crippen molar-refractivity contribution in [1.29, 1.82) is 0 Å². The molecule has 0 aliphatic carbocycles. The highest BCUT2D eigenvalue weighted by Crippen LogP contribution is 2.14. The van der Waals surface area contributed by atoms with Crippen LogP contribution in [-0.2, 0) is 18.9 Å². The van der Waals surface area contributed by atoms with Crippen LogP contribution in [0.2, 0.25) is 0 Å². The van der Waals surface area contributed by atoms with Crippen molar-refractivity contribution in [2.24, 2.45) is 10.8 Å². The maximum atomic E-state index is 5.68. The van der Waals surface area contributed by atoms with E-state index in [1.807, 2.05) is 0 Å². The lowest BCUT2D eigenvalue weighted by Gasteiger charge is -2.26. The highest BCUT2D eigenvalue weighted by atomic mass is 16.5. The van der Waals surface area contributed by atoms with E-state index in [0.717, 1.165) is 91.6 Å². The smallest absolute Gasteiger partial charge is 0.0514 e. The molecule has 0 radical (unpaired) electrons. The van der Waals surface area contributed by atoms with Gasteiger partial charge in [0.05, 0.1) is 6.61 Å². The van der Waals surface area contributed by atoms with Crippen molar-refractivity contribution >= 4 is 0 Å². The summed E-state index contributed by atoms with van der Waals surface area (Å²) >= 11 is 0. The molecule has 0 rings (SSSR count). The van der Waals surface area contributed by atoms with Gasteiger partial charge in [0.25, 0.3) is 0 Å². The van der Waals surface area contributed by atoms with Crippen LogP contribution < -0.4 is 0 Å². The zero-order chi connectivity index (χ0) is 21.3. The van der Waals surface area contributed by atoms with E-state index >= 15 is 0 Å². The molecule has 5 nitrogen and oxygen atoms in total. The van der Waals surface area contributed by atoms with Crippen LogP contribution in [0.5, 0.6) is 0 Å². The largest absolute Gasteiger partial charge is 0.381 e. The van der Waals surface area contributed by atoms with E-state index in [0.29, 0.717) is 5.41 Å². The van der Waals surface area contributed by atoms with Crippen molar-refractivity contribution in [1.82, 2.24) is 4.90 Å². The van der Waals surface area contributed by atoms with Crippen molar-refractivity contribution in [2.45, 2.75) is 67.2 Å². The van der Waals surface area contributed by atoms with Crippen molar-refractivity contribution < 1.29 is 18.9 Å². The van der Waals surface area contributed by atoms with Gasteiger partial charge in [0.2, 0.25) is 0 Å². The first-order chi connectivity index (χ1) is 13.1. The Balaban J connectivity index is 3.16. The van der Waals surface area contributed by atoms with Crippen LogP contribution in [0, 0.1) is 10.8 Å². The third-order valence-corrected chi connectivity index (χ3v) is 3.84. The van der Waals surface area contributed by atoms with E-state index in [2.05, 4.69) is 53.5 Å². The normalized spacial score (nSPS) is 12.9. The Morgan fingerprint density at radius 2 is 0.929 bits per heavy atom. The molecule has 0 heterocycles. The van der Waals surface area contributed by atoms with E-state index in [9.17, 15) is 0 Å². The third-order valence-electron chi connectivity index (χ3n) is 3.84. The van der Waals surface area contributed by atoms with Crippen LogP contribution >= 0.6 is 0 Å². The molecule has 0 aliphatic heterocycles. The van der Waals surface area contributed by atoms with Crippen LogP contribution in [0.25, 0.3) is 0 Å². The fourth-order valence-electron chi connectivity index (χ4n) is 2.80. The Labute approximate surface area is 175 Å². The molecule has 0 fully saturated rings. The fraction of sp³-hybridized carbons (Fsp3) is 1.00. The summed E-state index contributed by atoms with van der Waals surface area (Å²) in [5.41, 5.74) is 0.602. The monoisotopic (exact) mass is 403 g/mol. The SMILES string of the molecule is CN(CCCOCCCOCCCOCCCOCC(C)(C)C)CC(C)(C)C. The standard InChI is InChI=1S/C23H49NO4/c1-22(2,3)20-24(7)12-8-13-25-14-9-15-26-16-10-17-27-18-11-19-28-21-23(4,5)6/h8-21H2,1-7H3. The molecule has 0 spiro atoms. The third kappa shape index (κ3) is 23.8. The minimum atomic E-state index is 0.242. The Morgan fingerprint density at radius 1 is 0.536 bits per heavy atom. The summed E-state index contributed by atoms with van der Waals surface area (Å²) in [5, 5.41) is 0. The summed E-state index contributed by atoms with van der Waals surface area (Å²) in [7, 11) is 2.18. The van der Waals surface area contributed by atoms with Crippen LogP contribution in [0.1, 0.15) is 67.2 Å². The molecule has 0 amide bonds. The summed E-state index contributed by atoms with van der Waals surface area (Å²) in [6, 6.07) is 0. The van der Waals surface area contributed by atoms with Gasteiger partial charge in [-0.25, -0.2) is 0 Å². The van der Waals surface area contributed by atoms with E-state index in [1.54, 1.807) is 0 Å². The van der Waals surface area contributed by atoms with Gasteiger partial charge in [-0.15, -0.1) is 0 Å². The molecule has 170 valence electrons. The summed E-state index contributed by atoms with van der Waals surface area (Å²) in [6.45, 7) is 21.9. The predicted octanol–water partition coefficient (Wildman–Crippen LogP) is 4.64. The van der Waals surface area contributed by atoms with Gasteiger partial charge in [0.15, 0.2) is 0 Å². The molecule has 0 bridgehead atoms. The molecule has 0 unspecified atom stereocenters. The zero-order valence-corrected chi connectivity index (χ0v) is 20.0. The van der Waals surface area contributed by atoms with Gasteiger partial charge in [-0.05, 0) is 43.6 Å². The minimum Gasteiger partial charge on any atom is -0.381 e. The quantitative estimate of drug-likeness (QED) is 0.312. The molecule has 0 saturated carbocycles. The molecule has 0 aromatic carbocycles. The van der Waals surface area contributed by atoms with E-state index in [1.165, 1.54) is 0 Å². The Bertz CT molecular complexity index is 336. The summed E-state index contributed by atoms with van der Waals surface area (Å²) in [4.78, 5) is 2.38. The van der Waals surface area contributed by atoms with Crippen LogP contribution in [-0.4, -0.2) is 77.9 Å². The summed E-state index contributed by atoms with van der Waals surface area (Å²) in [6.07, 6.45) is 3.96. The van der Waals surface area contributed by atoms with Gasteiger partial charge >= 0.3 is 0 Å². The van der Waals surface area contributed by atoms with Gasteiger partial charge in [-0.2, -0.15) is 0 Å². The van der Waals surface area contributed by atoms with Crippen LogP contribution in [0.3, 0.4) is 0 Å². The maximum Gasteiger partial charge on any atom is 0.0514 e. The lowest BCUT2D eigenvalue weighted by Crippen LogP contribution is -2.30. The van der Waals surface area contributed by atoms with Gasteiger partial charge in [-0.3, -0.25) is 0 Å². The van der Waals surface area contributed by atoms with Crippen molar-refractivity contribution in [3.63, 3.8) is 0 Å². The van der Waals surface area contributed by atoms with E-state index in [-0.39, 0.29) is 5.41 Å². The average molecular weight is 404 g/mol. The second-order valence-electron chi connectivity index (χ2n) is 10.2. The first kappa shape index (κ1) is 27.8. The zero-order valence-electron chi connectivity index (χ0n) is 20.0. The minimum absolute atomic E-state index is 0.242. The number of hydrogen-bond donors (Lipinski definition) is 0. The van der Waals surface area contributed by atoms with Crippen molar-refractivity contribution in [3.05, 3.63) is 0 Å². The predicted molar refractivity (Wildman–Crippen MR) is 118 cm³/mol. The molecule has 0 saturated heterocycles. The second kappa shape index (κ2) is 16.6. The highest BCUT2D eigenvalue weighted by molar-refractivity contribution is 4.66. The van der Waals surface area contributed by atoms with Crippen molar-refractivity contribution in [3.8, 4) is 0 Å². The van der Waals surface area contributed by atoms with E-state index < -0.39 is 0 Å². The molecule has 0 aliphatic rings. The molecular weight excluding hydrogens is 354 g/mol. The van der Waals surface area contributed by atoms with Crippen molar-refractivity contribution in [2.75, 3.05) is 73.0 Å². The average Bonchev–Trinajstić information content (AvgIpc) is 2.55. The Morgan fingerprint density at radius 3 is 1.32 bits per heavy atom. The van der Waals surface area contributed by atoms with Gasteiger partial charge in [-0.1, -0.05) is 41.5 Å². The number of rotatable bonds is 18. The van der Waals surface area contributed by atoms with Gasteiger partial charge in [0.1, 0.15) is 0 Å². The summed E-state index contributed by atoms with van der Waals surface area (Å²) in [5.74, 6) is 0. The first-order valence-electron chi connectivity index (χ1n) is 11.1. The highest BCUT2D eigenvalue weighted by Gasteiger charge is 2.12. The molecule has 0 aromatic rings. The van der Waals surface area contributed by atoms with Crippen LogP contribution in [0.15, 0.2) is 0 Å². The first-order valence-corrected chi connectivity index (χ1v) is 11.1. The topological polar surface area (TPSA) is 40.2 Å². The summed E-state index contributed by atoms with van der Waals surface area (Å²) < 4.78 is 22.5. The van der Waals surface area contributed by atoms with Gasteiger partial charge in [0, 0.05) is 59.3 Å². The molecule has 0 N–H and O–H groups in total. The molecule has 28 heavy (non-hydrogen) atoms. The molecular formula is C23H49NO4. The lowest BCUT2D eigenvalue weighted by atomic mass is 9.96. The van der Waals surface area contributed by atoms with Crippen LogP contribution in [0.4, 0.5) is 0 Å². The van der Waals surface area contributed by atoms with Gasteiger partial charge < -0.3 is 23.8 Å². The fourth-order valence-corrected chi connectivity index (χ4v) is 2.80. The number of hydrogen-bond acceptors (Lipinski definition) is 5. The number of ether oxygens (including phenoxy) is 4. The lowest BCUT2D eigenvalue weighted by molar-refractivity contribution is 0.0391. The Hall–Kier alpha value is -0.200. The molecule has 5 heteroatoms. The second-order valence-corrected chi connectivity index (χ2v) is 10.2. The number of nitrogens with zero attached hydrogens (tertiary/aromatic N) is 1.